The van der Waals surface area contributed by atoms with Crippen molar-refractivity contribution in [1.82, 2.24) is 16.0 Å². The Hall–Kier alpha value is -2.37. The standard InChI is InChI=1S/C14H17N3O3/c18-12-8-11(9-17-12)14(20)16-7-6-15-13(19)10-4-2-1-3-5-10/h1-5,11H,6-9H2,(H,15,19)(H,16,20)(H,17,18). The monoisotopic (exact) mass is 275 g/mol. The van der Waals surface area contributed by atoms with Gasteiger partial charge in [-0.2, -0.15) is 0 Å². The van der Waals surface area contributed by atoms with Crippen LogP contribution in [0, 0.1) is 5.92 Å². The van der Waals surface area contributed by atoms with Gasteiger partial charge in [-0.1, -0.05) is 18.2 Å². The Bertz CT molecular complexity index is 502. The zero-order chi connectivity index (χ0) is 14.4. The van der Waals surface area contributed by atoms with Crippen molar-refractivity contribution in [2.24, 2.45) is 5.92 Å². The van der Waals surface area contributed by atoms with Gasteiger partial charge in [-0.3, -0.25) is 14.4 Å². The van der Waals surface area contributed by atoms with Crippen LogP contribution in [0.25, 0.3) is 0 Å². The summed E-state index contributed by atoms with van der Waals surface area (Å²) in [6.45, 7) is 1.09. The lowest BCUT2D eigenvalue weighted by Crippen LogP contribution is -2.38. The predicted octanol–water partition coefficient (Wildman–Crippen LogP) is -0.331. The van der Waals surface area contributed by atoms with Crippen LogP contribution in [0.2, 0.25) is 0 Å². The molecule has 1 unspecified atom stereocenters. The molecular weight excluding hydrogens is 258 g/mol. The lowest BCUT2D eigenvalue weighted by molar-refractivity contribution is -0.126. The third-order valence-corrected chi connectivity index (χ3v) is 3.09. The number of carbonyl (C=O) groups excluding carboxylic acids is 3. The number of hydrogen-bond donors (Lipinski definition) is 3. The topological polar surface area (TPSA) is 87.3 Å². The molecule has 1 aliphatic rings. The van der Waals surface area contributed by atoms with Gasteiger partial charge >= 0.3 is 0 Å². The molecule has 20 heavy (non-hydrogen) atoms. The summed E-state index contributed by atoms with van der Waals surface area (Å²) in [5, 5.41) is 8.03. The summed E-state index contributed by atoms with van der Waals surface area (Å²) in [5.74, 6) is -0.718. The SMILES string of the molecule is O=C1CC(C(=O)NCCNC(=O)c2ccccc2)CN1. The van der Waals surface area contributed by atoms with Gasteiger partial charge in [-0.25, -0.2) is 0 Å². The molecule has 6 heteroatoms. The van der Waals surface area contributed by atoms with Gasteiger partial charge < -0.3 is 16.0 Å². The van der Waals surface area contributed by atoms with E-state index in [4.69, 9.17) is 0 Å². The minimum Gasteiger partial charge on any atom is -0.355 e. The molecule has 1 aromatic rings. The van der Waals surface area contributed by atoms with E-state index >= 15 is 0 Å². The molecule has 1 aromatic carbocycles. The first-order valence-corrected chi connectivity index (χ1v) is 6.54. The zero-order valence-corrected chi connectivity index (χ0v) is 11.0. The zero-order valence-electron chi connectivity index (χ0n) is 11.0. The Balaban J connectivity index is 1.65. The molecule has 0 aromatic heterocycles. The second-order valence-corrected chi connectivity index (χ2v) is 4.62. The number of carbonyl (C=O) groups is 3. The van der Waals surface area contributed by atoms with Crippen molar-refractivity contribution in [3.05, 3.63) is 35.9 Å². The number of hydrogen-bond acceptors (Lipinski definition) is 3. The maximum Gasteiger partial charge on any atom is 0.251 e. The van der Waals surface area contributed by atoms with Gasteiger partial charge in [0.05, 0.1) is 5.92 Å². The molecule has 3 N–H and O–H groups in total. The lowest BCUT2D eigenvalue weighted by atomic mass is 10.1. The van der Waals surface area contributed by atoms with Crippen molar-refractivity contribution in [3.8, 4) is 0 Å². The lowest BCUT2D eigenvalue weighted by Gasteiger charge is -2.10. The predicted molar refractivity (Wildman–Crippen MR) is 72.9 cm³/mol. The summed E-state index contributed by atoms with van der Waals surface area (Å²) in [4.78, 5) is 34.4. The molecule has 6 nitrogen and oxygen atoms in total. The number of amides is 3. The van der Waals surface area contributed by atoms with E-state index in [0.29, 0.717) is 25.2 Å². The van der Waals surface area contributed by atoms with E-state index < -0.39 is 0 Å². The summed E-state index contributed by atoms with van der Waals surface area (Å²) >= 11 is 0. The smallest absolute Gasteiger partial charge is 0.251 e. The van der Waals surface area contributed by atoms with Crippen LogP contribution in [0.5, 0.6) is 0 Å². The van der Waals surface area contributed by atoms with Crippen LogP contribution in [-0.4, -0.2) is 37.4 Å². The first-order chi connectivity index (χ1) is 9.66. The van der Waals surface area contributed by atoms with Crippen molar-refractivity contribution in [2.75, 3.05) is 19.6 Å². The summed E-state index contributed by atoms with van der Waals surface area (Å²) < 4.78 is 0. The van der Waals surface area contributed by atoms with Gasteiger partial charge in [-0.05, 0) is 12.1 Å². The van der Waals surface area contributed by atoms with Crippen LogP contribution in [0.3, 0.4) is 0 Å². The van der Waals surface area contributed by atoms with E-state index in [1.54, 1.807) is 24.3 Å². The molecule has 1 aliphatic heterocycles. The fourth-order valence-electron chi connectivity index (χ4n) is 1.99. The number of nitrogens with one attached hydrogen (secondary N) is 3. The fourth-order valence-corrected chi connectivity index (χ4v) is 1.99. The Labute approximate surface area is 116 Å². The largest absolute Gasteiger partial charge is 0.355 e. The molecule has 1 saturated heterocycles. The summed E-state index contributed by atoms with van der Waals surface area (Å²) in [6.07, 6.45) is 0.238. The van der Waals surface area contributed by atoms with E-state index in [1.807, 2.05) is 6.07 Å². The van der Waals surface area contributed by atoms with Gasteiger partial charge in [0.25, 0.3) is 5.91 Å². The maximum atomic E-state index is 11.7. The van der Waals surface area contributed by atoms with Gasteiger partial charge in [0.2, 0.25) is 11.8 Å². The van der Waals surface area contributed by atoms with E-state index in [0.717, 1.165) is 0 Å². The van der Waals surface area contributed by atoms with Crippen molar-refractivity contribution >= 4 is 17.7 Å². The van der Waals surface area contributed by atoms with Crippen LogP contribution in [0.1, 0.15) is 16.8 Å². The quantitative estimate of drug-likeness (QED) is 0.643. The van der Waals surface area contributed by atoms with Gasteiger partial charge in [0, 0.05) is 31.6 Å². The van der Waals surface area contributed by atoms with Crippen molar-refractivity contribution in [1.29, 1.82) is 0 Å². The Kier molecular flexibility index (Phi) is 4.70. The third kappa shape index (κ3) is 3.81. The molecule has 2 rings (SSSR count). The van der Waals surface area contributed by atoms with E-state index in [2.05, 4.69) is 16.0 Å². The highest BCUT2D eigenvalue weighted by molar-refractivity contribution is 5.94. The van der Waals surface area contributed by atoms with Crippen LogP contribution in [-0.2, 0) is 9.59 Å². The Morgan fingerprint density at radius 1 is 1.15 bits per heavy atom. The van der Waals surface area contributed by atoms with Crippen molar-refractivity contribution in [3.63, 3.8) is 0 Å². The molecule has 0 bridgehead atoms. The van der Waals surface area contributed by atoms with Crippen molar-refractivity contribution in [2.45, 2.75) is 6.42 Å². The number of benzene rings is 1. The average molecular weight is 275 g/mol. The highest BCUT2D eigenvalue weighted by Crippen LogP contribution is 2.08. The third-order valence-electron chi connectivity index (χ3n) is 3.09. The highest BCUT2D eigenvalue weighted by Gasteiger charge is 2.27. The molecule has 1 fully saturated rings. The minimum atomic E-state index is -0.299. The van der Waals surface area contributed by atoms with Crippen molar-refractivity contribution < 1.29 is 14.4 Å². The number of rotatable bonds is 5. The molecule has 0 aliphatic carbocycles. The fraction of sp³-hybridized carbons (Fsp3) is 0.357. The van der Waals surface area contributed by atoms with E-state index in [1.165, 1.54) is 0 Å². The summed E-state index contributed by atoms with van der Waals surface area (Å²) in [6, 6.07) is 8.88. The molecule has 106 valence electrons. The minimum absolute atomic E-state index is 0.0949. The molecule has 0 radical (unpaired) electrons. The van der Waals surface area contributed by atoms with E-state index in [9.17, 15) is 14.4 Å². The molecule has 1 heterocycles. The second-order valence-electron chi connectivity index (χ2n) is 4.62. The molecule has 3 amide bonds. The first-order valence-electron chi connectivity index (χ1n) is 6.54. The van der Waals surface area contributed by atoms with Gasteiger partial charge in [0.1, 0.15) is 0 Å². The summed E-state index contributed by atoms with van der Waals surface area (Å²) in [7, 11) is 0. The van der Waals surface area contributed by atoms with Gasteiger partial charge in [-0.15, -0.1) is 0 Å². The maximum absolute atomic E-state index is 11.7. The van der Waals surface area contributed by atoms with Crippen LogP contribution < -0.4 is 16.0 Å². The van der Waals surface area contributed by atoms with Gasteiger partial charge in [0.15, 0.2) is 0 Å². The summed E-state index contributed by atoms with van der Waals surface area (Å²) in [5.41, 5.74) is 0.587. The Morgan fingerprint density at radius 3 is 2.50 bits per heavy atom. The average Bonchev–Trinajstić information content (AvgIpc) is 2.91. The normalized spacial score (nSPS) is 17.4. The molecule has 1 atom stereocenters. The molecular formula is C14H17N3O3. The van der Waals surface area contributed by atoms with Crippen LogP contribution in [0.15, 0.2) is 30.3 Å². The highest BCUT2D eigenvalue weighted by atomic mass is 16.2. The molecule has 0 spiro atoms. The second kappa shape index (κ2) is 6.70. The van der Waals surface area contributed by atoms with Crippen LogP contribution >= 0.6 is 0 Å². The Morgan fingerprint density at radius 2 is 1.85 bits per heavy atom. The molecule has 0 saturated carbocycles. The van der Waals surface area contributed by atoms with E-state index in [-0.39, 0.29) is 30.1 Å². The van der Waals surface area contributed by atoms with Crippen LogP contribution in [0.4, 0.5) is 0 Å². The first kappa shape index (κ1) is 14.0.